The fraction of sp³-hybridized carbons (Fsp3) is 0.0952. The van der Waals surface area contributed by atoms with Crippen LogP contribution in [-0.4, -0.2) is 23.1 Å². The number of halogens is 1. The maximum absolute atomic E-state index is 12.6. The molecule has 0 aliphatic rings. The van der Waals surface area contributed by atoms with Crippen LogP contribution in [0.4, 0.5) is 10.8 Å². The second-order valence-electron chi connectivity index (χ2n) is 6.51. The van der Waals surface area contributed by atoms with E-state index in [0.29, 0.717) is 16.5 Å². The van der Waals surface area contributed by atoms with Gasteiger partial charge in [0.25, 0.3) is 5.91 Å². The van der Waals surface area contributed by atoms with Gasteiger partial charge in [0.2, 0.25) is 0 Å². The molecule has 146 valence electrons. The monoisotopic (exact) mass is 424 g/mol. The molecule has 6 nitrogen and oxygen atoms in total. The molecule has 0 radical (unpaired) electrons. The molecule has 0 atom stereocenters. The molecule has 8 heteroatoms. The number of rotatable bonds is 5. The third kappa shape index (κ3) is 4.01. The van der Waals surface area contributed by atoms with Gasteiger partial charge in [-0.3, -0.25) is 4.79 Å². The van der Waals surface area contributed by atoms with Crippen LogP contribution in [0.5, 0.6) is 0 Å². The number of hydrogen-bond acceptors (Lipinski definition) is 6. The fourth-order valence-corrected chi connectivity index (χ4v) is 3.79. The number of thiazole rings is 1. The smallest absolute Gasteiger partial charge is 0.277 e. The normalized spacial score (nSPS) is 10.9. The summed E-state index contributed by atoms with van der Waals surface area (Å²) in [6, 6.07) is 14.3. The van der Waals surface area contributed by atoms with E-state index in [2.05, 4.69) is 22.0 Å². The molecule has 2 heterocycles. The maximum atomic E-state index is 12.6. The molecule has 29 heavy (non-hydrogen) atoms. The Balaban J connectivity index is 1.53. The van der Waals surface area contributed by atoms with Crippen molar-refractivity contribution in [2.45, 2.75) is 6.92 Å². The molecule has 0 fully saturated rings. The van der Waals surface area contributed by atoms with Crippen LogP contribution >= 0.6 is 22.9 Å². The van der Waals surface area contributed by atoms with Crippen molar-refractivity contribution in [1.82, 2.24) is 10.1 Å². The standard InChI is InChI=1S/C21H17ClN4O2S/c1-12(2)26(3)21-24-16-9-8-15(10-19(16)29-21)23-20(27)17-11-18(28-25-17)13-4-6-14(22)7-5-13/h4-11H,1H2,2-3H3,(H,23,27). The Kier molecular flexibility index (Phi) is 5.08. The van der Waals surface area contributed by atoms with Gasteiger partial charge in [-0.25, -0.2) is 4.98 Å². The van der Waals surface area contributed by atoms with Gasteiger partial charge < -0.3 is 14.7 Å². The van der Waals surface area contributed by atoms with E-state index in [9.17, 15) is 4.79 Å². The Bertz CT molecular complexity index is 1210. The summed E-state index contributed by atoms with van der Waals surface area (Å²) in [6.45, 7) is 5.86. The van der Waals surface area contributed by atoms with Gasteiger partial charge in [-0.1, -0.05) is 34.7 Å². The summed E-state index contributed by atoms with van der Waals surface area (Å²) in [4.78, 5) is 19.1. The largest absolute Gasteiger partial charge is 0.355 e. The number of anilines is 2. The van der Waals surface area contributed by atoms with E-state index in [-0.39, 0.29) is 11.6 Å². The number of carbonyl (C=O) groups excluding carboxylic acids is 1. The summed E-state index contributed by atoms with van der Waals surface area (Å²) in [5, 5.41) is 8.20. The average Bonchev–Trinajstić information content (AvgIpc) is 3.35. The van der Waals surface area contributed by atoms with Crippen molar-refractivity contribution in [2.24, 2.45) is 0 Å². The molecule has 1 amide bonds. The molecule has 0 unspecified atom stereocenters. The highest BCUT2D eigenvalue weighted by Crippen LogP contribution is 2.31. The van der Waals surface area contributed by atoms with Crippen molar-refractivity contribution < 1.29 is 9.32 Å². The second kappa shape index (κ2) is 7.69. The Morgan fingerprint density at radius 2 is 1.97 bits per heavy atom. The van der Waals surface area contributed by atoms with Crippen LogP contribution < -0.4 is 10.2 Å². The summed E-state index contributed by atoms with van der Waals surface area (Å²) >= 11 is 7.43. The summed E-state index contributed by atoms with van der Waals surface area (Å²) < 4.78 is 6.26. The average molecular weight is 425 g/mol. The number of amides is 1. The lowest BCUT2D eigenvalue weighted by atomic mass is 10.1. The lowest BCUT2D eigenvalue weighted by Crippen LogP contribution is -2.12. The lowest BCUT2D eigenvalue weighted by molar-refractivity contribution is 0.101. The minimum absolute atomic E-state index is 0.196. The van der Waals surface area contributed by atoms with E-state index >= 15 is 0 Å². The molecule has 0 aliphatic carbocycles. The summed E-state index contributed by atoms with van der Waals surface area (Å²) in [7, 11) is 1.92. The molecule has 0 saturated carbocycles. The van der Waals surface area contributed by atoms with Crippen LogP contribution in [0, 0.1) is 0 Å². The Morgan fingerprint density at radius 1 is 1.21 bits per heavy atom. The van der Waals surface area contributed by atoms with E-state index in [1.54, 1.807) is 18.2 Å². The number of nitrogens with zero attached hydrogens (tertiary/aromatic N) is 3. The molecule has 0 bridgehead atoms. The van der Waals surface area contributed by atoms with Gasteiger partial charge in [0.1, 0.15) is 0 Å². The van der Waals surface area contributed by atoms with Gasteiger partial charge in [0.05, 0.1) is 10.2 Å². The van der Waals surface area contributed by atoms with Gasteiger partial charge in [0.15, 0.2) is 16.6 Å². The van der Waals surface area contributed by atoms with Gasteiger partial charge in [-0.05, 0) is 49.4 Å². The van der Waals surface area contributed by atoms with Crippen molar-refractivity contribution in [3.8, 4) is 11.3 Å². The van der Waals surface area contributed by atoms with Gasteiger partial charge in [-0.15, -0.1) is 0 Å². The van der Waals surface area contributed by atoms with Gasteiger partial charge >= 0.3 is 0 Å². The number of allylic oxidation sites excluding steroid dienone is 1. The first-order valence-electron chi connectivity index (χ1n) is 8.74. The predicted octanol–water partition coefficient (Wildman–Crippen LogP) is 5.83. The van der Waals surface area contributed by atoms with E-state index in [1.807, 2.05) is 49.2 Å². The highest BCUT2D eigenvalue weighted by atomic mass is 35.5. The summed E-state index contributed by atoms with van der Waals surface area (Å²) in [5.41, 5.74) is 3.41. The van der Waals surface area contributed by atoms with Gasteiger partial charge in [-0.2, -0.15) is 0 Å². The molecule has 2 aromatic heterocycles. The van der Waals surface area contributed by atoms with Crippen LogP contribution in [0.15, 0.2) is 65.3 Å². The van der Waals surface area contributed by atoms with Gasteiger partial charge in [0, 0.05) is 35.1 Å². The molecule has 4 aromatic rings. The summed E-state index contributed by atoms with van der Waals surface area (Å²) in [6.07, 6.45) is 0. The molecule has 4 rings (SSSR count). The Hall–Kier alpha value is -3.16. The quantitative estimate of drug-likeness (QED) is 0.436. The number of carbonyl (C=O) groups is 1. The topological polar surface area (TPSA) is 71.3 Å². The number of benzene rings is 2. The van der Waals surface area contributed by atoms with Crippen LogP contribution in [0.2, 0.25) is 5.02 Å². The number of fused-ring (bicyclic) bond motifs is 1. The molecule has 0 aliphatic heterocycles. The Morgan fingerprint density at radius 3 is 2.69 bits per heavy atom. The Labute approximate surface area is 176 Å². The van der Waals surface area contributed by atoms with Crippen molar-refractivity contribution >= 4 is 49.9 Å². The molecular weight excluding hydrogens is 408 g/mol. The fourth-order valence-electron chi connectivity index (χ4n) is 2.62. The highest BCUT2D eigenvalue weighted by molar-refractivity contribution is 7.22. The minimum atomic E-state index is -0.350. The zero-order valence-electron chi connectivity index (χ0n) is 15.8. The molecule has 2 aromatic carbocycles. The van der Waals surface area contributed by atoms with Crippen molar-refractivity contribution in [3.63, 3.8) is 0 Å². The van der Waals surface area contributed by atoms with E-state index in [4.69, 9.17) is 16.1 Å². The minimum Gasteiger partial charge on any atom is -0.355 e. The molecule has 1 N–H and O–H groups in total. The van der Waals surface area contributed by atoms with Crippen LogP contribution in [0.3, 0.4) is 0 Å². The zero-order valence-corrected chi connectivity index (χ0v) is 17.3. The van der Waals surface area contributed by atoms with E-state index < -0.39 is 0 Å². The first-order chi connectivity index (χ1) is 13.9. The van der Waals surface area contributed by atoms with Crippen LogP contribution in [0.25, 0.3) is 21.5 Å². The molecule has 0 saturated heterocycles. The zero-order chi connectivity index (χ0) is 20.5. The van der Waals surface area contributed by atoms with Crippen molar-refractivity contribution in [2.75, 3.05) is 17.3 Å². The third-order valence-electron chi connectivity index (χ3n) is 4.37. The highest BCUT2D eigenvalue weighted by Gasteiger charge is 2.15. The first-order valence-corrected chi connectivity index (χ1v) is 9.94. The number of nitrogens with one attached hydrogen (secondary N) is 1. The predicted molar refractivity (Wildman–Crippen MR) is 118 cm³/mol. The van der Waals surface area contributed by atoms with Crippen molar-refractivity contribution in [3.05, 3.63) is 71.5 Å². The number of hydrogen-bond donors (Lipinski definition) is 1. The molecular formula is C21H17ClN4O2S. The molecule has 0 spiro atoms. The number of aromatic nitrogens is 2. The van der Waals surface area contributed by atoms with Crippen LogP contribution in [-0.2, 0) is 0 Å². The second-order valence-corrected chi connectivity index (χ2v) is 7.96. The third-order valence-corrected chi connectivity index (χ3v) is 5.71. The van der Waals surface area contributed by atoms with E-state index in [0.717, 1.165) is 26.6 Å². The summed E-state index contributed by atoms with van der Waals surface area (Å²) in [5.74, 6) is 0.148. The van der Waals surface area contributed by atoms with E-state index in [1.165, 1.54) is 11.3 Å². The maximum Gasteiger partial charge on any atom is 0.277 e. The lowest BCUT2D eigenvalue weighted by Gasteiger charge is -2.13. The SMILES string of the molecule is C=C(C)N(C)c1nc2ccc(NC(=O)c3cc(-c4ccc(Cl)cc4)on3)cc2s1. The first kappa shape index (κ1) is 19.2. The van der Waals surface area contributed by atoms with Crippen molar-refractivity contribution in [1.29, 1.82) is 0 Å². The van der Waals surface area contributed by atoms with Crippen LogP contribution in [0.1, 0.15) is 17.4 Å².